The number of amides is 2. The highest BCUT2D eigenvalue weighted by atomic mass is 16.6. The van der Waals surface area contributed by atoms with E-state index in [2.05, 4.69) is 20.6 Å². The molecule has 1 aromatic heterocycles. The molecule has 0 radical (unpaired) electrons. The molecule has 0 unspecified atom stereocenters. The summed E-state index contributed by atoms with van der Waals surface area (Å²) in [5.41, 5.74) is 1.12. The van der Waals surface area contributed by atoms with Gasteiger partial charge in [0, 0.05) is 31.5 Å². The Hall–Kier alpha value is -3.67. The van der Waals surface area contributed by atoms with E-state index in [1.807, 2.05) is 6.07 Å². The molecule has 2 aromatic rings. The van der Waals surface area contributed by atoms with E-state index in [-0.39, 0.29) is 18.0 Å². The van der Waals surface area contributed by atoms with Crippen LogP contribution >= 0.6 is 0 Å². The predicted octanol–water partition coefficient (Wildman–Crippen LogP) is 2.63. The SMILES string of the molecule is CCOC(=O)N1CCC(Nc2ncc(C(=O)Nc3ccccc3C#N)cn2)CC1. The summed E-state index contributed by atoms with van der Waals surface area (Å²) >= 11 is 0. The van der Waals surface area contributed by atoms with E-state index in [9.17, 15) is 9.59 Å². The zero-order chi connectivity index (χ0) is 20.6. The van der Waals surface area contributed by atoms with Crippen molar-refractivity contribution in [2.45, 2.75) is 25.8 Å². The smallest absolute Gasteiger partial charge is 0.409 e. The van der Waals surface area contributed by atoms with Gasteiger partial charge in [0.25, 0.3) is 5.91 Å². The molecule has 1 aromatic carbocycles. The van der Waals surface area contributed by atoms with Gasteiger partial charge in [-0.1, -0.05) is 12.1 Å². The van der Waals surface area contributed by atoms with Gasteiger partial charge in [0.1, 0.15) is 6.07 Å². The molecule has 2 N–H and O–H groups in total. The molecule has 2 amide bonds. The average Bonchev–Trinajstić information content (AvgIpc) is 2.75. The number of carbonyl (C=O) groups excluding carboxylic acids is 2. The maximum Gasteiger partial charge on any atom is 0.409 e. The number of piperidine rings is 1. The van der Waals surface area contributed by atoms with Crippen molar-refractivity contribution in [3.63, 3.8) is 0 Å². The molecular formula is C20H22N6O3. The Bertz CT molecular complexity index is 901. The monoisotopic (exact) mass is 394 g/mol. The van der Waals surface area contributed by atoms with Gasteiger partial charge in [-0.15, -0.1) is 0 Å². The van der Waals surface area contributed by atoms with Crippen molar-refractivity contribution < 1.29 is 14.3 Å². The second kappa shape index (κ2) is 9.50. The lowest BCUT2D eigenvalue weighted by Crippen LogP contribution is -2.42. The van der Waals surface area contributed by atoms with Gasteiger partial charge in [-0.25, -0.2) is 14.8 Å². The van der Waals surface area contributed by atoms with E-state index >= 15 is 0 Å². The van der Waals surface area contributed by atoms with Gasteiger partial charge < -0.3 is 20.3 Å². The normalized spacial score (nSPS) is 14.0. The molecule has 0 aliphatic carbocycles. The van der Waals surface area contributed by atoms with Crippen molar-refractivity contribution in [2.24, 2.45) is 0 Å². The maximum atomic E-state index is 12.4. The zero-order valence-corrected chi connectivity index (χ0v) is 16.1. The van der Waals surface area contributed by atoms with Gasteiger partial charge in [0.05, 0.1) is 23.4 Å². The van der Waals surface area contributed by atoms with Gasteiger partial charge in [0.15, 0.2) is 0 Å². The number of aromatic nitrogens is 2. The van der Waals surface area contributed by atoms with Crippen molar-refractivity contribution in [2.75, 3.05) is 30.3 Å². The van der Waals surface area contributed by atoms with Crippen molar-refractivity contribution in [1.82, 2.24) is 14.9 Å². The molecule has 0 saturated carbocycles. The molecule has 0 atom stereocenters. The molecule has 150 valence electrons. The quantitative estimate of drug-likeness (QED) is 0.800. The number of anilines is 2. The summed E-state index contributed by atoms with van der Waals surface area (Å²) in [6.07, 6.45) is 4.11. The Kier molecular flexibility index (Phi) is 6.58. The van der Waals surface area contributed by atoms with Gasteiger partial charge in [-0.2, -0.15) is 5.26 Å². The molecule has 9 heteroatoms. The van der Waals surface area contributed by atoms with Gasteiger partial charge >= 0.3 is 6.09 Å². The number of nitrogens with one attached hydrogen (secondary N) is 2. The van der Waals surface area contributed by atoms with Crippen LogP contribution in [0.5, 0.6) is 0 Å². The molecule has 3 rings (SSSR count). The van der Waals surface area contributed by atoms with Gasteiger partial charge in [0.2, 0.25) is 5.95 Å². The number of hydrogen-bond donors (Lipinski definition) is 2. The van der Waals surface area contributed by atoms with Crippen molar-refractivity contribution in [3.05, 3.63) is 47.8 Å². The molecule has 0 spiro atoms. The third kappa shape index (κ3) is 5.19. The second-order valence-electron chi connectivity index (χ2n) is 6.51. The predicted molar refractivity (Wildman–Crippen MR) is 106 cm³/mol. The molecular weight excluding hydrogens is 372 g/mol. The first-order chi connectivity index (χ1) is 14.1. The number of benzene rings is 1. The Morgan fingerprint density at radius 1 is 1.24 bits per heavy atom. The third-order valence-corrected chi connectivity index (χ3v) is 4.56. The highest BCUT2D eigenvalue weighted by molar-refractivity contribution is 6.04. The Morgan fingerprint density at radius 2 is 1.93 bits per heavy atom. The summed E-state index contributed by atoms with van der Waals surface area (Å²) < 4.78 is 5.01. The fourth-order valence-electron chi connectivity index (χ4n) is 3.01. The fraction of sp³-hybridized carbons (Fsp3) is 0.350. The topological polar surface area (TPSA) is 120 Å². The van der Waals surface area contributed by atoms with Crippen LogP contribution in [0.3, 0.4) is 0 Å². The Morgan fingerprint density at radius 3 is 2.59 bits per heavy atom. The first kappa shape index (κ1) is 20.1. The zero-order valence-electron chi connectivity index (χ0n) is 16.1. The maximum absolute atomic E-state index is 12.4. The van der Waals surface area contributed by atoms with E-state index in [0.717, 1.165) is 12.8 Å². The highest BCUT2D eigenvalue weighted by Crippen LogP contribution is 2.17. The summed E-state index contributed by atoms with van der Waals surface area (Å²) in [6, 6.07) is 8.95. The first-order valence-corrected chi connectivity index (χ1v) is 9.41. The van der Waals surface area contributed by atoms with Gasteiger partial charge in [-0.3, -0.25) is 4.79 Å². The average molecular weight is 394 g/mol. The van der Waals surface area contributed by atoms with Crippen LogP contribution in [0, 0.1) is 11.3 Å². The minimum atomic E-state index is -0.387. The van der Waals surface area contributed by atoms with Crippen molar-refractivity contribution in [1.29, 1.82) is 5.26 Å². The van der Waals surface area contributed by atoms with Crippen LogP contribution in [0.1, 0.15) is 35.7 Å². The molecule has 1 aliphatic rings. The van der Waals surface area contributed by atoms with Crippen LogP contribution in [0.15, 0.2) is 36.7 Å². The molecule has 2 heterocycles. The van der Waals surface area contributed by atoms with Crippen LogP contribution in [-0.2, 0) is 4.74 Å². The number of hydrogen-bond acceptors (Lipinski definition) is 7. The number of nitriles is 1. The second-order valence-corrected chi connectivity index (χ2v) is 6.51. The summed E-state index contributed by atoms with van der Waals surface area (Å²) in [7, 11) is 0. The molecule has 1 saturated heterocycles. The lowest BCUT2D eigenvalue weighted by atomic mass is 10.1. The van der Waals surface area contributed by atoms with Crippen LogP contribution in [-0.4, -0.2) is 52.6 Å². The van der Waals surface area contributed by atoms with Crippen LogP contribution < -0.4 is 10.6 Å². The molecule has 9 nitrogen and oxygen atoms in total. The number of ether oxygens (including phenoxy) is 1. The highest BCUT2D eigenvalue weighted by Gasteiger charge is 2.24. The lowest BCUT2D eigenvalue weighted by Gasteiger charge is -2.31. The largest absolute Gasteiger partial charge is 0.450 e. The summed E-state index contributed by atoms with van der Waals surface area (Å²) in [4.78, 5) is 34.2. The summed E-state index contributed by atoms with van der Waals surface area (Å²) in [5, 5.41) is 15.0. The minimum absolute atomic E-state index is 0.142. The summed E-state index contributed by atoms with van der Waals surface area (Å²) in [6.45, 7) is 3.37. The van der Waals surface area contributed by atoms with Crippen molar-refractivity contribution >= 4 is 23.6 Å². The summed E-state index contributed by atoms with van der Waals surface area (Å²) in [5.74, 6) is 0.0376. The van der Waals surface area contributed by atoms with Crippen molar-refractivity contribution in [3.8, 4) is 6.07 Å². The fourth-order valence-corrected chi connectivity index (χ4v) is 3.01. The Labute approximate surface area is 168 Å². The number of para-hydroxylation sites is 1. The third-order valence-electron chi connectivity index (χ3n) is 4.56. The van der Waals surface area contributed by atoms with Crippen LogP contribution in [0.25, 0.3) is 0 Å². The number of nitrogens with zero attached hydrogens (tertiary/aromatic N) is 4. The lowest BCUT2D eigenvalue weighted by molar-refractivity contribution is 0.0982. The van der Waals surface area contributed by atoms with E-state index in [1.165, 1.54) is 12.4 Å². The van der Waals surface area contributed by atoms with Gasteiger partial charge in [-0.05, 0) is 31.9 Å². The van der Waals surface area contributed by atoms with E-state index < -0.39 is 0 Å². The van der Waals surface area contributed by atoms with Crippen LogP contribution in [0.2, 0.25) is 0 Å². The number of likely N-dealkylation sites (tertiary alicyclic amines) is 1. The molecule has 0 bridgehead atoms. The minimum Gasteiger partial charge on any atom is -0.450 e. The molecule has 1 aliphatic heterocycles. The van der Waals surface area contributed by atoms with E-state index in [1.54, 1.807) is 36.1 Å². The molecule has 29 heavy (non-hydrogen) atoms. The first-order valence-electron chi connectivity index (χ1n) is 9.41. The van der Waals surface area contributed by atoms with E-state index in [0.29, 0.717) is 42.5 Å². The molecule has 1 fully saturated rings. The van der Waals surface area contributed by atoms with E-state index in [4.69, 9.17) is 10.00 Å². The number of rotatable bonds is 5. The standard InChI is InChI=1S/C20H22N6O3/c1-2-29-20(28)26-9-7-16(8-10-26)24-19-22-12-15(13-23-19)18(27)25-17-6-4-3-5-14(17)11-21/h3-6,12-13,16H,2,7-10H2,1H3,(H,25,27)(H,22,23,24). The Balaban J connectivity index is 1.53. The number of carbonyl (C=O) groups is 2. The van der Waals surface area contributed by atoms with Crippen LogP contribution in [0.4, 0.5) is 16.4 Å².